The molecule has 3 nitrogen and oxygen atoms in total. The molecule has 0 aliphatic heterocycles. The summed E-state index contributed by atoms with van der Waals surface area (Å²) in [5, 5.41) is 8.68. The van der Waals surface area contributed by atoms with Crippen LogP contribution in [0, 0.1) is 11.3 Å². The highest BCUT2D eigenvalue weighted by Gasteiger charge is 2.24. The highest BCUT2D eigenvalue weighted by molar-refractivity contribution is 6.70. The molecule has 0 rings (SSSR count). The highest BCUT2D eigenvalue weighted by Crippen LogP contribution is 2.18. The predicted octanol–water partition coefficient (Wildman–Crippen LogP) is 2.92. The Morgan fingerprint density at radius 2 is 2.00 bits per heavy atom. The number of ether oxygens (including phenoxy) is 1. The number of nitriles is 1. The Morgan fingerprint density at radius 1 is 1.44 bits per heavy atom. The molecule has 1 atom stereocenters. The molecule has 0 bridgehead atoms. The summed E-state index contributed by atoms with van der Waals surface area (Å²) in [6.07, 6.45) is -2.65. The minimum atomic E-state index is -2.72. The van der Waals surface area contributed by atoms with Gasteiger partial charge in [-0.2, -0.15) is 5.26 Å². The lowest BCUT2D eigenvalue weighted by molar-refractivity contribution is 0.111. The number of hydrogen-bond acceptors (Lipinski definition) is 3. The molecular weight excluding hydrogens is 232 g/mol. The fourth-order valence-corrected chi connectivity index (χ4v) is 1.82. The van der Waals surface area contributed by atoms with E-state index >= 15 is 0 Å². The van der Waals surface area contributed by atoms with Crippen molar-refractivity contribution in [2.24, 2.45) is 0 Å². The van der Waals surface area contributed by atoms with E-state index in [1.165, 1.54) is 0 Å². The molecule has 92 valence electrons. The van der Waals surface area contributed by atoms with Crippen LogP contribution in [0.4, 0.5) is 8.78 Å². The van der Waals surface area contributed by atoms with Crippen LogP contribution in [0.25, 0.3) is 0 Å². The van der Waals surface area contributed by atoms with Crippen LogP contribution >= 0.6 is 0 Å². The van der Waals surface area contributed by atoms with Crippen LogP contribution in [0.5, 0.6) is 0 Å². The Balaban J connectivity index is 4.76. The second-order valence-electron chi connectivity index (χ2n) is 4.09. The van der Waals surface area contributed by atoms with Crippen molar-refractivity contribution in [1.29, 1.82) is 5.26 Å². The quantitative estimate of drug-likeness (QED) is 0.537. The number of halogens is 2. The standard InChI is InChI=1S/C10H17F2NO2Si/c1-5-14-8(7-13)6-9(10(11)12)15-16(2,3)4/h6,8,10H,5H2,1-4H3/b9-6-. The lowest BCUT2D eigenvalue weighted by Crippen LogP contribution is -2.27. The second-order valence-corrected chi connectivity index (χ2v) is 8.52. The average molecular weight is 249 g/mol. The van der Waals surface area contributed by atoms with Gasteiger partial charge in [0.1, 0.15) is 5.76 Å². The largest absolute Gasteiger partial charge is 0.543 e. The third kappa shape index (κ3) is 6.53. The van der Waals surface area contributed by atoms with Gasteiger partial charge < -0.3 is 9.16 Å². The van der Waals surface area contributed by atoms with Gasteiger partial charge in [-0.15, -0.1) is 0 Å². The van der Waals surface area contributed by atoms with E-state index in [1.807, 2.05) is 0 Å². The lowest BCUT2D eigenvalue weighted by atomic mass is 10.3. The summed E-state index contributed by atoms with van der Waals surface area (Å²) in [6, 6.07) is 1.78. The van der Waals surface area contributed by atoms with E-state index in [1.54, 1.807) is 32.6 Å². The number of rotatable bonds is 6. The first-order valence-corrected chi connectivity index (χ1v) is 8.41. The van der Waals surface area contributed by atoms with E-state index < -0.39 is 26.6 Å². The number of hydrogen-bond donors (Lipinski definition) is 0. The molecule has 0 amide bonds. The van der Waals surface area contributed by atoms with Crippen LogP contribution < -0.4 is 0 Å². The maximum atomic E-state index is 12.6. The summed E-state index contributed by atoms with van der Waals surface area (Å²) in [5.41, 5.74) is 0. The Hall–Kier alpha value is -0.933. The van der Waals surface area contributed by atoms with Crippen molar-refractivity contribution in [1.82, 2.24) is 0 Å². The summed E-state index contributed by atoms with van der Waals surface area (Å²) >= 11 is 0. The average Bonchev–Trinajstić information content (AvgIpc) is 2.13. The van der Waals surface area contributed by atoms with E-state index in [0.717, 1.165) is 6.08 Å². The molecular formula is C10H17F2NO2Si. The minimum Gasteiger partial charge on any atom is -0.543 e. The van der Waals surface area contributed by atoms with Gasteiger partial charge in [0, 0.05) is 12.7 Å². The molecule has 16 heavy (non-hydrogen) atoms. The van der Waals surface area contributed by atoms with Crippen LogP contribution in [0.1, 0.15) is 6.92 Å². The molecule has 0 saturated heterocycles. The predicted molar refractivity (Wildman–Crippen MR) is 59.5 cm³/mol. The number of alkyl halides is 2. The molecule has 0 aromatic carbocycles. The zero-order valence-corrected chi connectivity index (χ0v) is 11.0. The van der Waals surface area contributed by atoms with E-state index in [4.69, 9.17) is 14.4 Å². The van der Waals surface area contributed by atoms with Crippen molar-refractivity contribution in [2.75, 3.05) is 6.61 Å². The van der Waals surface area contributed by atoms with Gasteiger partial charge in [-0.05, 0) is 26.6 Å². The van der Waals surface area contributed by atoms with Gasteiger partial charge in [-0.25, -0.2) is 8.78 Å². The fraction of sp³-hybridized carbons (Fsp3) is 0.700. The number of allylic oxidation sites excluding steroid dienone is 1. The molecule has 0 saturated carbocycles. The maximum Gasteiger partial charge on any atom is 0.293 e. The molecule has 0 N–H and O–H groups in total. The lowest BCUT2D eigenvalue weighted by Gasteiger charge is -2.22. The topological polar surface area (TPSA) is 42.2 Å². The van der Waals surface area contributed by atoms with Crippen molar-refractivity contribution in [3.63, 3.8) is 0 Å². The zero-order chi connectivity index (χ0) is 12.8. The van der Waals surface area contributed by atoms with Crippen LogP contribution in [0.15, 0.2) is 11.8 Å². The molecule has 0 aliphatic rings. The van der Waals surface area contributed by atoms with E-state index in [-0.39, 0.29) is 6.61 Å². The summed E-state index contributed by atoms with van der Waals surface area (Å²) < 4.78 is 35.4. The van der Waals surface area contributed by atoms with Gasteiger partial charge in [-0.1, -0.05) is 0 Å². The molecule has 0 radical (unpaired) electrons. The SMILES string of the molecule is CCOC(C#N)/C=C(\O[Si](C)(C)C)C(F)F. The maximum absolute atomic E-state index is 12.6. The van der Waals surface area contributed by atoms with Gasteiger partial charge in [0.15, 0.2) is 6.10 Å². The van der Waals surface area contributed by atoms with Crippen molar-refractivity contribution < 1.29 is 17.9 Å². The van der Waals surface area contributed by atoms with Gasteiger partial charge in [0.05, 0.1) is 6.07 Å². The van der Waals surface area contributed by atoms with Crippen molar-refractivity contribution in [3.8, 4) is 6.07 Å². The fourth-order valence-electron chi connectivity index (χ4n) is 0.956. The highest BCUT2D eigenvalue weighted by atomic mass is 28.4. The van der Waals surface area contributed by atoms with Gasteiger partial charge >= 0.3 is 0 Å². The van der Waals surface area contributed by atoms with Gasteiger partial charge in [0.2, 0.25) is 8.32 Å². The Labute approximate surface area is 95.8 Å². The Morgan fingerprint density at radius 3 is 2.31 bits per heavy atom. The summed E-state index contributed by atoms with van der Waals surface area (Å²) in [4.78, 5) is 0. The first-order chi connectivity index (χ1) is 7.30. The normalized spacial score (nSPS) is 14.8. The first kappa shape index (κ1) is 15.1. The molecule has 0 fully saturated rings. The van der Waals surface area contributed by atoms with Crippen LogP contribution in [0.3, 0.4) is 0 Å². The van der Waals surface area contributed by atoms with Crippen molar-refractivity contribution in [2.45, 2.75) is 39.1 Å². The van der Waals surface area contributed by atoms with Crippen LogP contribution in [-0.4, -0.2) is 27.5 Å². The Bertz CT molecular complexity index is 282. The Kier molecular flexibility index (Phi) is 6.22. The molecule has 0 aliphatic carbocycles. The first-order valence-electron chi connectivity index (χ1n) is 5.00. The van der Waals surface area contributed by atoms with E-state index in [0.29, 0.717) is 0 Å². The van der Waals surface area contributed by atoms with E-state index in [2.05, 4.69) is 0 Å². The van der Waals surface area contributed by atoms with E-state index in [9.17, 15) is 8.78 Å². The van der Waals surface area contributed by atoms with Crippen molar-refractivity contribution >= 4 is 8.32 Å². The third-order valence-corrected chi connectivity index (χ3v) is 2.28. The molecule has 0 spiro atoms. The third-order valence-electron chi connectivity index (χ3n) is 1.43. The molecule has 0 aromatic rings. The van der Waals surface area contributed by atoms with Gasteiger partial charge in [0.25, 0.3) is 6.43 Å². The zero-order valence-electron chi connectivity index (χ0n) is 9.96. The molecule has 1 unspecified atom stereocenters. The summed E-state index contributed by atoms with van der Waals surface area (Å²) in [5.74, 6) is -0.459. The smallest absolute Gasteiger partial charge is 0.293 e. The van der Waals surface area contributed by atoms with Crippen LogP contribution in [-0.2, 0) is 9.16 Å². The second kappa shape index (κ2) is 6.61. The van der Waals surface area contributed by atoms with Crippen molar-refractivity contribution in [3.05, 3.63) is 11.8 Å². The summed E-state index contributed by atoms with van der Waals surface area (Å²) in [6.45, 7) is 7.37. The molecule has 0 aromatic heterocycles. The van der Waals surface area contributed by atoms with Gasteiger partial charge in [-0.3, -0.25) is 0 Å². The molecule has 0 heterocycles. The van der Waals surface area contributed by atoms with Crippen LogP contribution in [0.2, 0.25) is 19.6 Å². The number of nitrogens with zero attached hydrogens (tertiary/aromatic N) is 1. The summed E-state index contributed by atoms with van der Waals surface area (Å²) in [7, 11) is -2.10. The monoisotopic (exact) mass is 249 g/mol. The minimum absolute atomic E-state index is 0.290. The molecule has 6 heteroatoms.